The van der Waals surface area contributed by atoms with Crippen LogP contribution >= 0.6 is 0 Å². The van der Waals surface area contributed by atoms with Gasteiger partial charge in [0.15, 0.2) is 0 Å². The second-order valence-electron chi connectivity index (χ2n) is 6.78. The summed E-state index contributed by atoms with van der Waals surface area (Å²) in [6.07, 6.45) is 8.16. The molecule has 2 saturated carbocycles. The molecule has 4 atom stereocenters. The van der Waals surface area contributed by atoms with Crippen LogP contribution < -0.4 is 0 Å². The molecule has 0 bridgehead atoms. The molecule has 92 valence electrons. The maximum Gasteiger partial charge on any atom is 0.0622 e. The Labute approximate surface area is 99.9 Å². The predicted octanol–water partition coefficient (Wildman–Crippen LogP) is 3.92. The molecule has 1 heteroatoms. The minimum absolute atomic E-state index is 0.380. The van der Waals surface area contributed by atoms with Crippen molar-refractivity contribution in [2.45, 2.75) is 65.4 Å². The van der Waals surface area contributed by atoms with Gasteiger partial charge in [-0.15, -0.1) is 0 Å². The Balaban J connectivity index is 1.90. The minimum Gasteiger partial charge on any atom is -0.390 e. The van der Waals surface area contributed by atoms with Gasteiger partial charge in [0.1, 0.15) is 0 Å². The lowest BCUT2D eigenvalue weighted by molar-refractivity contribution is 0.0177. The molecule has 0 aromatic carbocycles. The quantitative estimate of drug-likeness (QED) is 0.718. The molecule has 2 aliphatic carbocycles. The summed E-state index contributed by atoms with van der Waals surface area (Å²) in [7, 11) is 0. The molecule has 2 rings (SSSR count). The summed E-state index contributed by atoms with van der Waals surface area (Å²) in [5, 5.41) is 10.1. The fourth-order valence-electron chi connectivity index (χ4n) is 3.76. The Morgan fingerprint density at radius 1 is 1.31 bits per heavy atom. The van der Waals surface area contributed by atoms with Crippen LogP contribution in [0.2, 0.25) is 0 Å². The molecule has 1 N–H and O–H groups in total. The summed E-state index contributed by atoms with van der Waals surface area (Å²) < 4.78 is 0. The zero-order valence-corrected chi connectivity index (χ0v) is 11.2. The van der Waals surface area contributed by atoms with E-state index in [2.05, 4.69) is 26.8 Å². The summed E-state index contributed by atoms with van der Waals surface area (Å²) in [5.41, 5.74) is 1.58. The second-order valence-corrected chi connectivity index (χ2v) is 6.78. The number of hydrogen-bond acceptors (Lipinski definition) is 1. The highest BCUT2D eigenvalue weighted by molar-refractivity contribution is 5.13. The molecular formula is C15H26O. The lowest BCUT2D eigenvalue weighted by Gasteiger charge is -2.26. The standard InChI is InChI=1S/C15H26O/c1-11(2)6-5-8-15(4)12-7-9-14(3,16)10-13(12)15/h6,12-13,16H,5,7-10H2,1-4H3. The van der Waals surface area contributed by atoms with Crippen LogP contribution in [0.3, 0.4) is 0 Å². The van der Waals surface area contributed by atoms with Gasteiger partial charge in [0.05, 0.1) is 5.60 Å². The first kappa shape index (κ1) is 12.2. The van der Waals surface area contributed by atoms with Crippen molar-refractivity contribution < 1.29 is 5.11 Å². The van der Waals surface area contributed by atoms with Crippen molar-refractivity contribution in [3.63, 3.8) is 0 Å². The second kappa shape index (κ2) is 3.87. The number of allylic oxidation sites excluding steroid dienone is 2. The van der Waals surface area contributed by atoms with Crippen LogP contribution in [0.15, 0.2) is 11.6 Å². The normalized spacial score (nSPS) is 46.1. The third-order valence-electron chi connectivity index (χ3n) is 4.96. The van der Waals surface area contributed by atoms with Crippen LogP contribution in [0.5, 0.6) is 0 Å². The van der Waals surface area contributed by atoms with E-state index in [4.69, 9.17) is 0 Å². The van der Waals surface area contributed by atoms with Crippen molar-refractivity contribution in [1.82, 2.24) is 0 Å². The van der Waals surface area contributed by atoms with E-state index in [-0.39, 0.29) is 5.60 Å². The SMILES string of the molecule is CC(C)=CCCC1(C)C2CCC(C)(O)CC21. The molecule has 0 aromatic heterocycles. The lowest BCUT2D eigenvalue weighted by Crippen LogP contribution is -2.28. The number of hydrogen-bond donors (Lipinski definition) is 1. The van der Waals surface area contributed by atoms with Crippen molar-refractivity contribution in [2.24, 2.45) is 17.3 Å². The lowest BCUT2D eigenvalue weighted by atomic mass is 9.87. The van der Waals surface area contributed by atoms with Gasteiger partial charge < -0.3 is 5.11 Å². The highest BCUT2D eigenvalue weighted by atomic mass is 16.3. The van der Waals surface area contributed by atoms with Gasteiger partial charge in [-0.1, -0.05) is 18.6 Å². The summed E-state index contributed by atoms with van der Waals surface area (Å²) in [4.78, 5) is 0. The van der Waals surface area contributed by atoms with Gasteiger partial charge in [-0.05, 0) is 70.1 Å². The number of rotatable bonds is 3. The first-order valence-corrected chi connectivity index (χ1v) is 6.71. The maximum absolute atomic E-state index is 10.1. The monoisotopic (exact) mass is 222 g/mol. The topological polar surface area (TPSA) is 20.2 Å². The molecule has 4 unspecified atom stereocenters. The van der Waals surface area contributed by atoms with Crippen molar-refractivity contribution in [2.75, 3.05) is 0 Å². The molecule has 0 spiro atoms. The zero-order chi connectivity index (χ0) is 12.0. The molecule has 0 aromatic rings. The van der Waals surface area contributed by atoms with E-state index in [0.717, 1.165) is 24.7 Å². The molecule has 0 heterocycles. The first-order chi connectivity index (χ1) is 7.35. The number of aliphatic hydroxyl groups is 1. The predicted molar refractivity (Wildman–Crippen MR) is 68.2 cm³/mol. The Morgan fingerprint density at radius 2 is 2.00 bits per heavy atom. The largest absolute Gasteiger partial charge is 0.390 e. The highest BCUT2D eigenvalue weighted by Gasteiger charge is 2.63. The van der Waals surface area contributed by atoms with Gasteiger partial charge in [-0.2, -0.15) is 0 Å². The van der Waals surface area contributed by atoms with Crippen LogP contribution in [-0.2, 0) is 0 Å². The van der Waals surface area contributed by atoms with Crippen molar-refractivity contribution in [3.8, 4) is 0 Å². The molecule has 0 saturated heterocycles. The van der Waals surface area contributed by atoms with Crippen molar-refractivity contribution >= 4 is 0 Å². The summed E-state index contributed by atoms with van der Waals surface area (Å²) in [6, 6.07) is 0. The Kier molecular flexibility index (Phi) is 2.94. The Bertz CT molecular complexity index is 299. The fourth-order valence-corrected chi connectivity index (χ4v) is 3.76. The molecular weight excluding hydrogens is 196 g/mol. The van der Waals surface area contributed by atoms with Crippen molar-refractivity contribution in [3.05, 3.63) is 11.6 Å². The van der Waals surface area contributed by atoms with Crippen molar-refractivity contribution in [1.29, 1.82) is 0 Å². The molecule has 2 aliphatic rings. The molecule has 16 heavy (non-hydrogen) atoms. The van der Waals surface area contributed by atoms with Gasteiger partial charge >= 0.3 is 0 Å². The van der Waals surface area contributed by atoms with Crippen LogP contribution in [0.25, 0.3) is 0 Å². The molecule has 1 nitrogen and oxygen atoms in total. The van der Waals surface area contributed by atoms with E-state index < -0.39 is 0 Å². The van der Waals surface area contributed by atoms with Crippen LogP contribution in [0.1, 0.15) is 59.8 Å². The average Bonchev–Trinajstić information content (AvgIpc) is 2.68. The molecule has 0 radical (unpaired) electrons. The highest BCUT2D eigenvalue weighted by Crippen LogP contribution is 2.68. The van der Waals surface area contributed by atoms with E-state index in [1.165, 1.54) is 24.8 Å². The van der Waals surface area contributed by atoms with Gasteiger partial charge in [0.2, 0.25) is 0 Å². The van der Waals surface area contributed by atoms with E-state index in [1.54, 1.807) is 0 Å². The van der Waals surface area contributed by atoms with E-state index >= 15 is 0 Å². The summed E-state index contributed by atoms with van der Waals surface area (Å²) in [5.74, 6) is 1.69. The van der Waals surface area contributed by atoms with E-state index in [1.807, 2.05) is 6.92 Å². The smallest absolute Gasteiger partial charge is 0.0622 e. The third kappa shape index (κ3) is 2.20. The number of fused-ring (bicyclic) bond motifs is 1. The zero-order valence-electron chi connectivity index (χ0n) is 11.2. The van der Waals surface area contributed by atoms with Gasteiger partial charge in [0, 0.05) is 0 Å². The summed E-state index contributed by atoms with van der Waals surface area (Å²) >= 11 is 0. The fraction of sp³-hybridized carbons (Fsp3) is 0.867. The minimum atomic E-state index is -0.380. The Morgan fingerprint density at radius 3 is 2.56 bits per heavy atom. The van der Waals surface area contributed by atoms with Crippen LogP contribution in [0, 0.1) is 17.3 Å². The summed E-state index contributed by atoms with van der Waals surface area (Å²) in [6.45, 7) is 8.79. The van der Waals surface area contributed by atoms with Gasteiger partial charge in [-0.3, -0.25) is 0 Å². The van der Waals surface area contributed by atoms with Gasteiger partial charge in [0.25, 0.3) is 0 Å². The first-order valence-electron chi connectivity index (χ1n) is 6.71. The Hall–Kier alpha value is -0.300. The van der Waals surface area contributed by atoms with Gasteiger partial charge in [-0.25, -0.2) is 0 Å². The van der Waals surface area contributed by atoms with Crippen LogP contribution in [0.4, 0.5) is 0 Å². The molecule has 0 aliphatic heterocycles. The van der Waals surface area contributed by atoms with Crippen LogP contribution in [-0.4, -0.2) is 10.7 Å². The van der Waals surface area contributed by atoms with E-state index in [9.17, 15) is 5.11 Å². The molecule has 0 amide bonds. The van der Waals surface area contributed by atoms with E-state index in [0.29, 0.717) is 5.41 Å². The third-order valence-corrected chi connectivity index (χ3v) is 4.96. The molecule has 2 fully saturated rings. The average molecular weight is 222 g/mol. The maximum atomic E-state index is 10.1.